The predicted molar refractivity (Wildman–Crippen MR) is 83.8 cm³/mol. The van der Waals surface area contributed by atoms with E-state index in [-0.39, 0.29) is 5.91 Å². The minimum atomic E-state index is 0.191. The van der Waals surface area contributed by atoms with Gasteiger partial charge >= 0.3 is 0 Å². The Hall–Kier alpha value is -1.03. The van der Waals surface area contributed by atoms with E-state index < -0.39 is 0 Å². The van der Waals surface area contributed by atoms with Gasteiger partial charge in [-0.05, 0) is 25.7 Å². The number of hydrogen-bond donors (Lipinski definition) is 1. The monoisotopic (exact) mass is 281 g/mol. The summed E-state index contributed by atoms with van der Waals surface area (Å²) in [7, 11) is 3.84. The van der Waals surface area contributed by atoms with Crippen LogP contribution in [0.3, 0.4) is 0 Å². The van der Waals surface area contributed by atoms with Gasteiger partial charge in [-0.2, -0.15) is 0 Å². The van der Waals surface area contributed by atoms with E-state index in [9.17, 15) is 4.79 Å². The van der Waals surface area contributed by atoms with Crippen molar-refractivity contribution in [2.75, 3.05) is 20.8 Å². The number of nitrogens with one attached hydrogen (secondary N) is 1. The molecule has 0 spiro atoms. The molecule has 0 aromatic carbocycles. The second-order valence-corrected chi connectivity index (χ2v) is 5.76. The molecule has 0 fully saturated rings. The van der Waals surface area contributed by atoms with E-state index in [4.69, 9.17) is 0 Å². The molecule has 1 N–H and O–H groups in total. The Kier molecular flexibility index (Phi) is 7.67. The average Bonchev–Trinajstić information content (AvgIpc) is 2.41. The number of unbranched alkanes of at least 4 members (excludes halogenated alkanes) is 4. The Morgan fingerprint density at radius 2 is 1.65 bits per heavy atom. The van der Waals surface area contributed by atoms with Gasteiger partial charge in [-0.1, -0.05) is 39.5 Å². The Bertz CT molecular complexity index is 337. The Labute approximate surface area is 124 Å². The highest BCUT2D eigenvalue weighted by Crippen LogP contribution is 2.22. The summed E-state index contributed by atoms with van der Waals surface area (Å²) in [5.41, 5.74) is 2.20. The van der Waals surface area contributed by atoms with Crippen LogP contribution in [0.25, 0.3) is 0 Å². The Morgan fingerprint density at radius 3 is 2.20 bits per heavy atom. The fourth-order valence-corrected chi connectivity index (χ4v) is 2.56. The van der Waals surface area contributed by atoms with Crippen molar-refractivity contribution in [3.63, 3.8) is 0 Å². The quantitative estimate of drug-likeness (QED) is 0.659. The molecule has 0 aliphatic carbocycles. The molecule has 1 rings (SSSR count). The molecule has 1 amide bonds. The first-order chi connectivity index (χ1) is 9.61. The molecule has 0 saturated carbocycles. The molecule has 4 nitrogen and oxygen atoms in total. The number of allylic oxidation sites excluding steroid dienone is 1. The number of nitrogens with zero attached hydrogens (tertiary/aromatic N) is 2. The minimum Gasteiger partial charge on any atom is -0.370 e. The summed E-state index contributed by atoms with van der Waals surface area (Å²) in [4.78, 5) is 12.6. The first kappa shape index (κ1) is 17.0. The van der Waals surface area contributed by atoms with Crippen LogP contribution in [0.1, 0.15) is 65.2 Å². The molecular formula is C16H31N3O. The third-order valence-corrected chi connectivity index (χ3v) is 3.84. The van der Waals surface area contributed by atoms with E-state index in [0.29, 0.717) is 6.67 Å². The standard InChI is InChI=1S/C16H31N3O/c1-5-7-9-11-14-15(12-10-8-6-2)17-13-19(16(14)20)18(3)4/h17H,5-13H2,1-4H3. The van der Waals surface area contributed by atoms with E-state index in [1.165, 1.54) is 37.8 Å². The maximum absolute atomic E-state index is 12.6. The SMILES string of the molecule is CCCCCC1=C(CCCCC)C(=O)N(N(C)C)CN1. The number of carbonyl (C=O) groups is 1. The first-order valence-corrected chi connectivity index (χ1v) is 8.06. The molecule has 1 aliphatic heterocycles. The molecule has 0 aromatic rings. The molecule has 1 heterocycles. The Morgan fingerprint density at radius 1 is 1.05 bits per heavy atom. The fourth-order valence-electron chi connectivity index (χ4n) is 2.56. The van der Waals surface area contributed by atoms with Gasteiger partial charge in [0.2, 0.25) is 0 Å². The number of hydrazine groups is 1. The lowest BCUT2D eigenvalue weighted by Gasteiger charge is -2.35. The van der Waals surface area contributed by atoms with Crippen LogP contribution in [-0.2, 0) is 4.79 Å². The van der Waals surface area contributed by atoms with Crippen molar-refractivity contribution in [3.05, 3.63) is 11.3 Å². The van der Waals surface area contributed by atoms with Crippen LogP contribution in [0.5, 0.6) is 0 Å². The van der Waals surface area contributed by atoms with Gasteiger partial charge in [0.25, 0.3) is 5.91 Å². The first-order valence-electron chi connectivity index (χ1n) is 8.06. The summed E-state index contributed by atoms with van der Waals surface area (Å²) in [5, 5.41) is 7.12. The summed E-state index contributed by atoms with van der Waals surface area (Å²) in [6, 6.07) is 0. The van der Waals surface area contributed by atoms with Crippen molar-refractivity contribution in [1.29, 1.82) is 0 Å². The largest absolute Gasteiger partial charge is 0.370 e. The van der Waals surface area contributed by atoms with Crippen molar-refractivity contribution < 1.29 is 4.79 Å². The van der Waals surface area contributed by atoms with Gasteiger partial charge in [0.1, 0.15) is 6.67 Å². The third-order valence-electron chi connectivity index (χ3n) is 3.84. The van der Waals surface area contributed by atoms with Crippen LogP contribution >= 0.6 is 0 Å². The van der Waals surface area contributed by atoms with E-state index >= 15 is 0 Å². The lowest BCUT2D eigenvalue weighted by molar-refractivity contribution is -0.142. The zero-order chi connectivity index (χ0) is 15.0. The minimum absolute atomic E-state index is 0.191. The smallest absolute Gasteiger partial charge is 0.267 e. The van der Waals surface area contributed by atoms with E-state index in [1.807, 2.05) is 19.1 Å². The molecule has 0 bridgehead atoms. The molecule has 0 atom stereocenters. The zero-order valence-corrected chi connectivity index (χ0v) is 13.7. The maximum atomic E-state index is 12.6. The van der Waals surface area contributed by atoms with Crippen LogP contribution in [0.4, 0.5) is 0 Å². The van der Waals surface area contributed by atoms with Gasteiger partial charge in [0, 0.05) is 25.4 Å². The van der Waals surface area contributed by atoms with Gasteiger partial charge in [0.05, 0.1) is 0 Å². The van der Waals surface area contributed by atoms with Crippen molar-refractivity contribution in [2.45, 2.75) is 65.2 Å². The maximum Gasteiger partial charge on any atom is 0.267 e. The molecule has 1 aliphatic rings. The molecule has 0 aromatic heterocycles. The van der Waals surface area contributed by atoms with Gasteiger partial charge in [-0.3, -0.25) is 9.80 Å². The molecule has 0 radical (unpaired) electrons. The lowest BCUT2D eigenvalue weighted by atomic mass is 9.99. The van der Waals surface area contributed by atoms with Gasteiger partial charge in [-0.15, -0.1) is 0 Å². The van der Waals surface area contributed by atoms with Gasteiger partial charge < -0.3 is 5.32 Å². The lowest BCUT2D eigenvalue weighted by Crippen LogP contribution is -2.51. The van der Waals surface area contributed by atoms with E-state index in [0.717, 1.165) is 24.8 Å². The van der Waals surface area contributed by atoms with Crippen LogP contribution < -0.4 is 5.32 Å². The molecular weight excluding hydrogens is 250 g/mol. The highest BCUT2D eigenvalue weighted by atomic mass is 16.2. The highest BCUT2D eigenvalue weighted by molar-refractivity contribution is 5.94. The second-order valence-electron chi connectivity index (χ2n) is 5.76. The molecule has 116 valence electrons. The predicted octanol–water partition coefficient (Wildman–Crippen LogP) is 3.27. The summed E-state index contributed by atoms with van der Waals surface area (Å²) < 4.78 is 0. The van der Waals surface area contributed by atoms with Crippen LogP contribution in [0.2, 0.25) is 0 Å². The second kappa shape index (κ2) is 9.01. The number of rotatable bonds is 9. The number of carbonyl (C=O) groups excluding carboxylic acids is 1. The van der Waals surface area contributed by atoms with Crippen LogP contribution in [0.15, 0.2) is 11.3 Å². The average molecular weight is 281 g/mol. The molecule has 0 unspecified atom stereocenters. The fraction of sp³-hybridized carbons (Fsp3) is 0.812. The number of hydrogen-bond acceptors (Lipinski definition) is 3. The summed E-state index contributed by atoms with van der Waals surface area (Å²) in [6.45, 7) is 5.01. The van der Waals surface area contributed by atoms with Crippen molar-refractivity contribution >= 4 is 5.91 Å². The Balaban J connectivity index is 2.76. The van der Waals surface area contributed by atoms with Gasteiger partial charge in [0.15, 0.2) is 0 Å². The van der Waals surface area contributed by atoms with E-state index in [1.54, 1.807) is 5.01 Å². The molecule has 4 heteroatoms. The summed E-state index contributed by atoms with van der Waals surface area (Å²) in [6.07, 6.45) is 9.05. The van der Waals surface area contributed by atoms with Crippen LogP contribution in [-0.4, -0.2) is 36.7 Å². The normalized spacial score (nSPS) is 16.1. The van der Waals surface area contributed by atoms with E-state index in [2.05, 4.69) is 19.2 Å². The van der Waals surface area contributed by atoms with Crippen molar-refractivity contribution in [1.82, 2.24) is 15.3 Å². The van der Waals surface area contributed by atoms with Crippen molar-refractivity contribution in [2.24, 2.45) is 0 Å². The molecule has 0 saturated heterocycles. The summed E-state index contributed by atoms with van der Waals surface area (Å²) >= 11 is 0. The third kappa shape index (κ3) is 4.82. The molecule has 20 heavy (non-hydrogen) atoms. The summed E-state index contributed by atoms with van der Waals surface area (Å²) in [5.74, 6) is 0.191. The highest BCUT2D eigenvalue weighted by Gasteiger charge is 2.27. The van der Waals surface area contributed by atoms with Crippen molar-refractivity contribution in [3.8, 4) is 0 Å². The topological polar surface area (TPSA) is 35.6 Å². The van der Waals surface area contributed by atoms with Gasteiger partial charge in [-0.25, -0.2) is 5.01 Å². The zero-order valence-electron chi connectivity index (χ0n) is 13.7. The van der Waals surface area contributed by atoms with Crippen LogP contribution in [0, 0.1) is 0 Å². The number of amides is 1.